The van der Waals surface area contributed by atoms with Crippen LogP contribution in [-0.4, -0.2) is 56.3 Å². The molecule has 0 aromatic heterocycles. The van der Waals surface area contributed by atoms with E-state index in [4.69, 9.17) is 0 Å². The molecule has 5 nitrogen and oxygen atoms in total. The van der Waals surface area contributed by atoms with Crippen LogP contribution in [0.4, 0.5) is 4.39 Å². The number of fused-ring (bicyclic) bond motifs is 5. The Bertz CT molecular complexity index is 804. The maximum absolute atomic E-state index is 16.3. The van der Waals surface area contributed by atoms with Crippen LogP contribution in [0.3, 0.4) is 0 Å². The van der Waals surface area contributed by atoms with Gasteiger partial charge in [0.15, 0.2) is 11.5 Å². The monoisotopic (exact) mass is 496 g/mol. The Kier molecular flexibility index (Phi) is 7.32. The molecule has 0 aromatic rings. The highest BCUT2D eigenvalue weighted by molar-refractivity contribution is 5.90. The Balaban J connectivity index is 1.58. The fourth-order valence-corrected chi connectivity index (χ4v) is 9.82. The lowest BCUT2D eigenvalue weighted by Gasteiger charge is -2.62. The van der Waals surface area contributed by atoms with Gasteiger partial charge in [0.05, 0.1) is 24.4 Å². The minimum Gasteiger partial charge on any atom is -0.390 e. The number of carbonyl (C=O) groups is 1. The van der Waals surface area contributed by atoms with Gasteiger partial charge in [-0.2, -0.15) is 0 Å². The van der Waals surface area contributed by atoms with Crippen molar-refractivity contribution in [2.75, 3.05) is 0 Å². The number of alkyl halides is 1. The van der Waals surface area contributed by atoms with E-state index in [1.165, 1.54) is 0 Å². The Morgan fingerprint density at radius 2 is 1.60 bits per heavy atom. The number of Topliss-reactive ketones (excluding diaryl/α,β-unsaturated/α-hetero) is 1. The summed E-state index contributed by atoms with van der Waals surface area (Å²) >= 11 is 0. The van der Waals surface area contributed by atoms with Crippen molar-refractivity contribution in [3.8, 4) is 0 Å². The first-order chi connectivity index (χ1) is 16.2. The van der Waals surface area contributed by atoms with E-state index in [0.29, 0.717) is 5.92 Å². The Morgan fingerprint density at radius 1 is 0.971 bits per heavy atom. The van der Waals surface area contributed by atoms with Gasteiger partial charge in [0.2, 0.25) is 0 Å². The fraction of sp³-hybridized carbons (Fsp3) is 0.966. The third kappa shape index (κ3) is 3.95. The molecular weight excluding hydrogens is 447 g/mol. The average molecular weight is 497 g/mol. The van der Waals surface area contributed by atoms with Gasteiger partial charge in [0.1, 0.15) is 0 Å². The fourth-order valence-electron chi connectivity index (χ4n) is 9.82. The molecule has 4 rings (SSSR count). The third-order valence-corrected chi connectivity index (χ3v) is 12.0. The third-order valence-electron chi connectivity index (χ3n) is 12.0. The number of aliphatic hydroxyl groups is 4. The molecule has 0 heterocycles. The van der Waals surface area contributed by atoms with Crippen LogP contribution in [0, 0.1) is 52.3 Å². The van der Waals surface area contributed by atoms with Crippen molar-refractivity contribution in [2.24, 2.45) is 52.3 Å². The van der Waals surface area contributed by atoms with Crippen LogP contribution in [0.25, 0.3) is 0 Å². The highest BCUT2D eigenvalue weighted by Crippen LogP contribution is 2.69. The molecular formula is C29H49FO5. The van der Waals surface area contributed by atoms with E-state index in [1.54, 1.807) is 0 Å². The zero-order valence-corrected chi connectivity index (χ0v) is 22.6. The van der Waals surface area contributed by atoms with Crippen molar-refractivity contribution >= 4 is 5.78 Å². The van der Waals surface area contributed by atoms with Gasteiger partial charge in [-0.25, -0.2) is 4.39 Å². The maximum Gasteiger partial charge on any atom is 0.177 e. The maximum atomic E-state index is 16.3. The molecule has 0 amide bonds. The highest BCUT2D eigenvalue weighted by Gasteiger charge is 2.70. The van der Waals surface area contributed by atoms with Gasteiger partial charge in [-0.05, 0) is 78.9 Å². The molecule has 0 radical (unpaired) electrons. The molecule has 202 valence electrons. The number of hydrogen-bond donors (Lipinski definition) is 4. The summed E-state index contributed by atoms with van der Waals surface area (Å²) < 4.78 is 16.3. The molecule has 35 heavy (non-hydrogen) atoms. The number of halogens is 1. The standard InChI is InChI=1S/C29H49FO5/c1-7-17(15(2)3)26(35)25(34)16(4)19-8-9-20-18-12-24(33)29(30)14-23(32)22(31)13-28(29,6)21(18)10-11-27(19,20)5/h15-23,25-26,31-32,34-35H,7-14H2,1-6H3/t16-,17-,18-,19+,20-,21-,22+,23-,25+,26+,27+,28+,29-/m0/s1. The van der Waals surface area contributed by atoms with Crippen LogP contribution in [0.1, 0.15) is 92.9 Å². The summed E-state index contributed by atoms with van der Waals surface area (Å²) in [5, 5.41) is 43.0. The second-order valence-electron chi connectivity index (χ2n) is 13.7. The van der Waals surface area contributed by atoms with Crippen molar-refractivity contribution in [3.05, 3.63) is 0 Å². The predicted molar refractivity (Wildman–Crippen MR) is 133 cm³/mol. The minimum atomic E-state index is -2.07. The second-order valence-corrected chi connectivity index (χ2v) is 13.7. The Morgan fingerprint density at radius 3 is 2.20 bits per heavy atom. The van der Waals surface area contributed by atoms with Gasteiger partial charge in [-0.3, -0.25) is 4.79 Å². The predicted octanol–water partition coefficient (Wildman–Crippen LogP) is 4.29. The lowest BCUT2D eigenvalue weighted by molar-refractivity contribution is -0.209. The average Bonchev–Trinajstić information content (AvgIpc) is 3.13. The van der Waals surface area contributed by atoms with E-state index in [2.05, 4.69) is 34.6 Å². The molecule has 0 unspecified atom stereocenters. The Hall–Kier alpha value is -0.560. The van der Waals surface area contributed by atoms with Gasteiger partial charge in [-0.1, -0.05) is 48.0 Å². The largest absolute Gasteiger partial charge is 0.390 e. The van der Waals surface area contributed by atoms with E-state index in [9.17, 15) is 25.2 Å². The van der Waals surface area contributed by atoms with Crippen LogP contribution < -0.4 is 0 Å². The van der Waals surface area contributed by atoms with Crippen molar-refractivity contribution in [3.63, 3.8) is 0 Å². The summed E-state index contributed by atoms with van der Waals surface area (Å²) in [5.41, 5.74) is -3.10. The summed E-state index contributed by atoms with van der Waals surface area (Å²) in [5.74, 6) is 0.447. The quantitative estimate of drug-likeness (QED) is 0.440. The molecule has 4 aliphatic rings. The van der Waals surface area contributed by atoms with Gasteiger partial charge < -0.3 is 20.4 Å². The summed E-state index contributed by atoms with van der Waals surface area (Å²) in [6.07, 6.45) is 0.705. The molecule has 0 saturated heterocycles. The van der Waals surface area contributed by atoms with E-state index >= 15 is 4.39 Å². The van der Waals surface area contributed by atoms with Crippen LogP contribution in [0.5, 0.6) is 0 Å². The van der Waals surface area contributed by atoms with E-state index in [-0.39, 0.29) is 60.2 Å². The summed E-state index contributed by atoms with van der Waals surface area (Å²) in [6, 6.07) is 0. The molecule has 4 fully saturated rings. The topological polar surface area (TPSA) is 98.0 Å². The SMILES string of the molecule is CC[C@@H](C(C)C)[C@@H](O)[C@H](O)[C@@H](C)[C@H]1CC[C@H]2[C@@H]3CC(=O)[C@@]4(F)C[C@H](O)[C@H](O)C[C@]4(C)[C@H]3CC[C@]12C. The van der Waals surface area contributed by atoms with Gasteiger partial charge in [-0.15, -0.1) is 0 Å². The molecule has 4 aliphatic carbocycles. The number of hydrogen-bond acceptors (Lipinski definition) is 5. The zero-order valence-electron chi connectivity index (χ0n) is 22.6. The molecule has 4 N–H and O–H groups in total. The minimum absolute atomic E-state index is 0.000377. The number of ketones is 1. The number of rotatable bonds is 6. The summed E-state index contributed by atoms with van der Waals surface area (Å²) in [7, 11) is 0. The molecule has 0 aliphatic heterocycles. The van der Waals surface area contributed by atoms with Crippen LogP contribution in [-0.2, 0) is 4.79 Å². The van der Waals surface area contributed by atoms with Crippen LogP contribution in [0.15, 0.2) is 0 Å². The number of aliphatic hydroxyl groups excluding tert-OH is 4. The van der Waals surface area contributed by atoms with Crippen molar-refractivity contribution in [1.29, 1.82) is 0 Å². The molecule has 6 heteroatoms. The van der Waals surface area contributed by atoms with E-state index in [0.717, 1.165) is 32.1 Å². The van der Waals surface area contributed by atoms with E-state index < -0.39 is 41.3 Å². The van der Waals surface area contributed by atoms with Crippen LogP contribution >= 0.6 is 0 Å². The van der Waals surface area contributed by atoms with Gasteiger partial charge in [0, 0.05) is 18.3 Å². The molecule has 13 atom stereocenters. The van der Waals surface area contributed by atoms with Crippen molar-refractivity contribution < 1.29 is 29.6 Å². The van der Waals surface area contributed by atoms with Crippen molar-refractivity contribution in [2.45, 2.75) is 123 Å². The lowest BCUT2D eigenvalue weighted by atomic mass is 9.43. The van der Waals surface area contributed by atoms with Gasteiger partial charge >= 0.3 is 0 Å². The second kappa shape index (κ2) is 9.32. The normalized spacial score (nSPS) is 49.1. The highest BCUT2D eigenvalue weighted by atomic mass is 19.1. The van der Waals surface area contributed by atoms with Gasteiger partial charge in [0.25, 0.3) is 0 Å². The zero-order chi connectivity index (χ0) is 26.1. The number of carbonyl (C=O) groups excluding carboxylic acids is 1. The molecule has 0 bridgehead atoms. The van der Waals surface area contributed by atoms with Crippen LogP contribution in [0.2, 0.25) is 0 Å². The Labute approximate surface area is 210 Å². The smallest absolute Gasteiger partial charge is 0.177 e. The van der Waals surface area contributed by atoms with E-state index in [1.807, 2.05) is 6.92 Å². The van der Waals surface area contributed by atoms with Crippen molar-refractivity contribution in [1.82, 2.24) is 0 Å². The summed E-state index contributed by atoms with van der Waals surface area (Å²) in [6.45, 7) is 12.5. The lowest BCUT2D eigenvalue weighted by Crippen LogP contribution is -2.67. The first kappa shape index (κ1) is 27.5. The first-order valence-corrected chi connectivity index (χ1v) is 14.2. The molecule has 0 aromatic carbocycles. The molecule has 0 spiro atoms. The molecule has 4 saturated carbocycles. The first-order valence-electron chi connectivity index (χ1n) is 14.2. The summed E-state index contributed by atoms with van der Waals surface area (Å²) in [4.78, 5) is 13.3.